The van der Waals surface area contributed by atoms with Crippen LogP contribution in [0.3, 0.4) is 0 Å². The number of nitro groups is 1. The van der Waals surface area contributed by atoms with Crippen LogP contribution < -0.4 is 4.90 Å². The first-order chi connectivity index (χ1) is 14.0. The van der Waals surface area contributed by atoms with Crippen molar-refractivity contribution in [3.63, 3.8) is 0 Å². The van der Waals surface area contributed by atoms with Crippen molar-refractivity contribution in [3.05, 3.63) is 106 Å². The minimum atomic E-state index is -1.59. The molecule has 1 N–H and O–H groups in total. The number of nitrogens with zero attached hydrogens (tertiary/aromatic N) is 2. The summed E-state index contributed by atoms with van der Waals surface area (Å²) in [6.07, 6.45) is 4.71. The minimum Gasteiger partial charge on any atom is -0.508 e. The molecule has 7 heteroatoms. The van der Waals surface area contributed by atoms with Crippen molar-refractivity contribution >= 4 is 12.2 Å². The molecule has 0 spiro atoms. The Morgan fingerprint density at radius 1 is 1.17 bits per heavy atom. The van der Waals surface area contributed by atoms with Crippen molar-refractivity contribution in [3.8, 4) is 5.75 Å². The van der Waals surface area contributed by atoms with Gasteiger partial charge in [-0.1, -0.05) is 49.1 Å². The van der Waals surface area contributed by atoms with Crippen molar-refractivity contribution in [2.24, 2.45) is 5.92 Å². The third kappa shape index (κ3) is 2.70. The Bertz CT molecular complexity index is 1030. The zero-order valence-corrected chi connectivity index (χ0v) is 15.3. The Morgan fingerprint density at radius 2 is 1.86 bits per heavy atom. The van der Waals surface area contributed by atoms with Crippen molar-refractivity contribution in [1.82, 2.24) is 0 Å². The number of rotatable bonds is 5. The predicted molar refractivity (Wildman–Crippen MR) is 106 cm³/mol. The number of carbonyl (C=O) groups excluding carboxylic acids is 1. The Hall–Kier alpha value is -3.87. The Morgan fingerprint density at radius 3 is 2.48 bits per heavy atom. The van der Waals surface area contributed by atoms with E-state index in [0.29, 0.717) is 11.4 Å². The summed E-state index contributed by atoms with van der Waals surface area (Å²) in [7, 11) is 0. The normalized spacial score (nSPS) is 25.3. The fourth-order valence-electron chi connectivity index (χ4n) is 4.31. The van der Waals surface area contributed by atoms with Crippen LogP contribution in [0.1, 0.15) is 11.6 Å². The van der Waals surface area contributed by atoms with Gasteiger partial charge in [0.2, 0.25) is 5.60 Å². The lowest BCUT2D eigenvalue weighted by atomic mass is 9.76. The van der Waals surface area contributed by atoms with Gasteiger partial charge in [-0.05, 0) is 29.8 Å². The Labute approximate surface area is 167 Å². The molecule has 4 rings (SSSR count). The average molecular weight is 390 g/mol. The van der Waals surface area contributed by atoms with Crippen LogP contribution >= 0.6 is 0 Å². The van der Waals surface area contributed by atoms with Gasteiger partial charge in [-0.25, -0.2) is 0 Å². The summed E-state index contributed by atoms with van der Waals surface area (Å²) in [5.74, 6) is -0.533. The van der Waals surface area contributed by atoms with E-state index >= 15 is 0 Å². The summed E-state index contributed by atoms with van der Waals surface area (Å²) in [5.41, 5.74) is 0.148. The summed E-state index contributed by atoms with van der Waals surface area (Å²) in [5, 5.41) is 21.7. The number of anilines is 1. The number of phenolic OH excluding ortho intramolecular Hbond substituents is 1. The molecule has 0 aromatic heterocycles. The number of hydrogen-bond acceptors (Lipinski definition) is 6. The summed E-state index contributed by atoms with van der Waals surface area (Å²) in [4.78, 5) is 24.9. The van der Waals surface area contributed by atoms with E-state index in [1.54, 1.807) is 24.3 Å². The van der Waals surface area contributed by atoms with Crippen molar-refractivity contribution < 1.29 is 19.6 Å². The first-order valence-electron chi connectivity index (χ1n) is 8.97. The van der Waals surface area contributed by atoms with Gasteiger partial charge in [0, 0.05) is 17.5 Å². The Kier molecular flexibility index (Phi) is 4.43. The van der Waals surface area contributed by atoms with E-state index in [9.17, 15) is 20.0 Å². The molecule has 0 bridgehead atoms. The molecule has 0 saturated carbocycles. The molecule has 3 atom stereocenters. The van der Waals surface area contributed by atoms with Gasteiger partial charge >= 0.3 is 0 Å². The number of hydrogen-bond donors (Lipinski definition) is 1. The van der Waals surface area contributed by atoms with Gasteiger partial charge in [0.15, 0.2) is 0 Å². The van der Waals surface area contributed by atoms with Gasteiger partial charge in [-0.2, -0.15) is 0 Å². The van der Waals surface area contributed by atoms with Gasteiger partial charge in [-0.3, -0.25) is 14.9 Å². The maximum atomic E-state index is 12.0. The summed E-state index contributed by atoms with van der Waals surface area (Å²) in [6, 6.07) is 14.9. The summed E-state index contributed by atoms with van der Waals surface area (Å²) in [6.45, 7) is 4.44. The molecule has 2 aliphatic rings. The van der Waals surface area contributed by atoms with Crippen LogP contribution in [0.25, 0.3) is 0 Å². The first kappa shape index (κ1) is 18.5. The highest BCUT2D eigenvalue weighted by molar-refractivity contribution is 5.64. The van der Waals surface area contributed by atoms with Crippen LogP contribution in [0.4, 0.5) is 5.69 Å². The average Bonchev–Trinajstić information content (AvgIpc) is 2.98. The molecule has 0 amide bonds. The van der Waals surface area contributed by atoms with E-state index in [2.05, 4.69) is 6.58 Å². The number of benzene rings is 2. The number of ether oxygens (including phenoxy) is 1. The van der Waals surface area contributed by atoms with Crippen LogP contribution in [0.2, 0.25) is 0 Å². The third-order valence-corrected chi connectivity index (χ3v) is 5.44. The molecule has 1 aliphatic heterocycles. The molecule has 1 aliphatic carbocycles. The van der Waals surface area contributed by atoms with E-state index in [0.717, 1.165) is 5.56 Å². The largest absolute Gasteiger partial charge is 0.508 e. The Balaban J connectivity index is 2.00. The molecule has 146 valence electrons. The number of fused-ring (bicyclic) bond motifs is 1. The zero-order chi connectivity index (χ0) is 20.6. The molecule has 0 radical (unpaired) electrons. The lowest BCUT2D eigenvalue weighted by molar-refractivity contribution is -0.446. The molecular formula is C22H18N2O5. The molecule has 1 heterocycles. The summed E-state index contributed by atoms with van der Waals surface area (Å²) < 4.78 is 5.59. The van der Waals surface area contributed by atoms with Crippen LogP contribution in [0, 0.1) is 16.0 Å². The van der Waals surface area contributed by atoms with Crippen LogP contribution in [-0.2, 0) is 9.53 Å². The fraction of sp³-hybridized carbons (Fsp3) is 0.136. The predicted octanol–water partition coefficient (Wildman–Crippen LogP) is 3.73. The van der Waals surface area contributed by atoms with Gasteiger partial charge in [0.05, 0.1) is 10.8 Å². The van der Waals surface area contributed by atoms with Crippen LogP contribution in [-0.4, -0.2) is 22.1 Å². The number of phenols is 1. The van der Waals surface area contributed by atoms with Crippen molar-refractivity contribution in [2.45, 2.75) is 11.6 Å². The van der Waals surface area contributed by atoms with E-state index in [1.165, 1.54) is 18.2 Å². The number of carbonyl (C=O) groups is 1. The highest BCUT2D eigenvalue weighted by atomic mass is 16.6. The van der Waals surface area contributed by atoms with E-state index in [1.807, 2.05) is 35.2 Å². The maximum absolute atomic E-state index is 12.0. The van der Waals surface area contributed by atoms with Gasteiger partial charge < -0.3 is 14.7 Å². The highest BCUT2D eigenvalue weighted by Gasteiger charge is 2.66. The molecule has 1 saturated heterocycles. The van der Waals surface area contributed by atoms with Crippen LogP contribution in [0.15, 0.2) is 90.8 Å². The quantitative estimate of drug-likeness (QED) is 0.475. The van der Waals surface area contributed by atoms with Gasteiger partial charge in [0.1, 0.15) is 11.8 Å². The maximum Gasteiger partial charge on any atom is 0.294 e. The fourth-order valence-corrected chi connectivity index (χ4v) is 4.31. The van der Waals surface area contributed by atoms with Crippen molar-refractivity contribution in [1.29, 1.82) is 0 Å². The molecule has 29 heavy (non-hydrogen) atoms. The first-order valence-corrected chi connectivity index (χ1v) is 8.97. The van der Waals surface area contributed by atoms with Crippen LogP contribution in [0.5, 0.6) is 5.75 Å². The van der Waals surface area contributed by atoms with Gasteiger partial charge in [-0.15, -0.1) is 0 Å². The molecule has 7 nitrogen and oxygen atoms in total. The topological polar surface area (TPSA) is 92.9 Å². The second-order valence-electron chi connectivity index (χ2n) is 6.87. The monoisotopic (exact) mass is 390 g/mol. The second kappa shape index (κ2) is 6.94. The molecule has 3 unspecified atom stereocenters. The molecular weight excluding hydrogens is 372 g/mol. The molecule has 2 aromatic carbocycles. The smallest absolute Gasteiger partial charge is 0.294 e. The summed E-state index contributed by atoms with van der Waals surface area (Å²) >= 11 is 0. The standard InChI is InChI=1S/C22H18N2O5/c1-15-19-8-5-9-20(24(27)28)22(19,29-14-25)21(16-6-3-2-4-7-16)23(15)17-10-12-18(26)13-11-17/h2-14,19,21,26H,1H2. The van der Waals surface area contributed by atoms with Gasteiger partial charge in [0.25, 0.3) is 12.2 Å². The third-order valence-electron chi connectivity index (χ3n) is 5.44. The minimum absolute atomic E-state index is 0.0943. The zero-order valence-electron chi connectivity index (χ0n) is 15.3. The van der Waals surface area contributed by atoms with E-state index < -0.39 is 22.5 Å². The lowest BCUT2D eigenvalue weighted by Crippen LogP contribution is -2.48. The molecule has 2 aromatic rings. The van der Waals surface area contributed by atoms with E-state index in [4.69, 9.17) is 4.74 Å². The number of allylic oxidation sites excluding steroid dienone is 2. The number of aromatic hydroxyl groups is 1. The second-order valence-corrected chi connectivity index (χ2v) is 6.87. The lowest BCUT2D eigenvalue weighted by Gasteiger charge is -2.37. The SMILES string of the molecule is C=C1C2C=CC=C([N+](=O)[O-])C2(OC=O)C(c2ccccc2)N1c1ccc(O)cc1. The van der Waals surface area contributed by atoms with Crippen molar-refractivity contribution in [2.75, 3.05) is 4.90 Å². The highest BCUT2D eigenvalue weighted by Crippen LogP contribution is 2.57. The molecule has 1 fully saturated rings. The van der Waals surface area contributed by atoms with E-state index in [-0.39, 0.29) is 17.9 Å².